The Morgan fingerprint density at radius 2 is 1.96 bits per heavy atom. The number of anilines is 1. The highest BCUT2D eigenvalue weighted by molar-refractivity contribution is 7.17. The fourth-order valence-corrected chi connectivity index (χ4v) is 3.51. The predicted molar refractivity (Wildman–Crippen MR) is 92.9 cm³/mol. The van der Waals surface area contributed by atoms with Gasteiger partial charge < -0.3 is 5.32 Å². The number of halogens is 3. The van der Waals surface area contributed by atoms with Crippen LogP contribution in [-0.4, -0.2) is 26.6 Å². The minimum Gasteiger partial charge on any atom is -0.372 e. The summed E-state index contributed by atoms with van der Waals surface area (Å²) in [5.74, 6) is 0.166. The fourth-order valence-electron chi connectivity index (χ4n) is 2.71. The van der Waals surface area contributed by atoms with E-state index < -0.39 is 17.6 Å². The number of aromatic nitrogens is 4. The molecule has 10 heteroatoms. The summed E-state index contributed by atoms with van der Waals surface area (Å²) in [7, 11) is 1.53. The Kier molecular flexibility index (Phi) is 3.65. The summed E-state index contributed by atoms with van der Waals surface area (Å²) in [5.41, 5.74) is 0.701. The lowest BCUT2D eigenvalue weighted by molar-refractivity contribution is -0.141. The van der Waals surface area contributed by atoms with Crippen LogP contribution in [0.1, 0.15) is 5.69 Å². The molecule has 0 atom stereocenters. The van der Waals surface area contributed by atoms with E-state index in [1.54, 1.807) is 23.7 Å². The minimum absolute atomic E-state index is 0.120. The third-order valence-corrected chi connectivity index (χ3v) is 4.71. The van der Waals surface area contributed by atoms with E-state index in [-0.39, 0.29) is 11.5 Å². The zero-order valence-electron chi connectivity index (χ0n) is 13.2. The molecule has 0 aliphatic heterocycles. The molecule has 0 radical (unpaired) electrons. The molecule has 0 spiro atoms. The zero-order chi connectivity index (χ0) is 18.5. The standard InChI is InChI=1S/C16H10F3N5OS/c1-20-13-8-5-6-11(16(17,18)19)22-14(8)24(15(25)23-13)10-4-2-3-9-12(10)26-7-21-9/h2-7H,1H3,(H,20,23,25). The van der Waals surface area contributed by atoms with Crippen molar-refractivity contribution in [3.8, 4) is 5.69 Å². The van der Waals surface area contributed by atoms with Gasteiger partial charge in [0.1, 0.15) is 11.5 Å². The molecule has 132 valence electrons. The van der Waals surface area contributed by atoms with E-state index in [0.29, 0.717) is 21.3 Å². The first kappa shape index (κ1) is 16.5. The lowest BCUT2D eigenvalue weighted by Crippen LogP contribution is -2.24. The Morgan fingerprint density at radius 1 is 1.15 bits per heavy atom. The average molecular weight is 377 g/mol. The highest BCUT2D eigenvalue weighted by Gasteiger charge is 2.33. The second-order valence-corrected chi connectivity index (χ2v) is 6.23. The average Bonchev–Trinajstić information content (AvgIpc) is 3.09. The molecule has 0 saturated carbocycles. The van der Waals surface area contributed by atoms with Gasteiger partial charge in [-0.25, -0.2) is 19.3 Å². The van der Waals surface area contributed by atoms with Crippen LogP contribution in [0.25, 0.3) is 26.9 Å². The van der Waals surface area contributed by atoms with Gasteiger partial charge in [0.15, 0.2) is 5.65 Å². The van der Waals surface area contributed by atoms with Crippen LogP contribution >= 0.6 is 11.3 Å². The summed E-state index contributed by atoms with van der Waals surface area (Å²) < 4.78 is 41.2. The molecule has 26 heavy (non-hydrogen) atoms. The summed E-state index contributed by atoms with van der Waals surface area (Å²) >= 11 is 1.28. The molecule has 4 aromatic rings. The van der Waals surface area contributed by atoms with Crippen molar-refractivity contribution in [2.24, 2.45) is 0 Å². The topological polar surface area (TPSA) is 72.7 Å². The van der Waals surface area contributed by atoms with Crippen LogP contribution in [-0.2, 0) is 6.18 Å². The Labute approximate surface area is 148 Å². The summed E-state index contributed by atoms with van der Waals surface area (Å²) in [5, 5.41) is 3.03. The number of fused-ring (bicyclic) bond motifs is 2. The van der Waals surface area contributed by atoms with Gasteiger partial charge in [-0.2, -0.15) is 18.2 Å². The van der Waals surface area contributed by atoms with Gasteiger partial charge in [-0.15, -0.1) is 11.3 Å². The van der Waals surface area contributed by atoms with Crippen molar-refractivity contribution < 1.29 is 13.2 Å². The van der Waals surface area contributed by atoms with Gasteiger partial charge in [0, 0.05) is 7.05 Å². The van der Waals surface area contributed by atoms with Crippen LogP contribution in [0, 0.1) is 0 Å². The summed E-state index contributed by atoms with van der Waals surface area (Å²) in [6.45, 7) is 0. The van der Waals surface area contributed by atoms with Gasteiger partial charge in [0.25, 0.3) is 0 Å². The lowest BCUT2D eigenvalue weighted by atomic mass is 10.2. The lowest BCUT2D eigenvalue weighted by Gasteiger charge is -2.14. The second kappa shape index (κ2) is 5.77. The molecule has 0 fully saturated rings. The molecule has 6 nitrogen and oxygen atoms in total. The number of pyridine rings is 1. The van der Waals surface area contributed by atoms with Gasteiger partial charge in [-0.1, -0.05) is 6.07 Å². The maximum Gasteiger partial charge on any atom is 0.433 e. The highest BCUT2D eigenvalue weighted by Crippen LogP contribution is 2.32. The van der Waals surface area contributed by atoms with Crippen molar-refractivity contribution in [2.45, 2.75) is 6.18 Å². The molecule has 0 bridgehead atoms. The van der Waals surface area contributed by atoms with Crippen molar-refractivity contribution in [1.82, 2.24) is 19.5 Å². The number of thiazole rings is 1. The molecular weight excluding hydrogens is 367 g/mol. The third kappa shape index (κ3) is 2.49. The van der Waals surface area contributed by atoms with Gasteiger partial charge in [-0.3, -0.25) is 0 Å². The van der Waals surface area contributed by atoms with Crippen LogP contribution in [0.4, 0.5) is 19.0 Å². The molecule has 0 aliphatic rings. The Bertz CT molecular complexity index is 1200. The first-order valence-corrected chi connectivity index (χ1v) is 8.29. The molecule has 0 unspecified atom stereocenters. The number of hydrogen-bond donors (Lipinski definition) is 1. The van der Waals surface area contributed by atoms with Crippen molar-refractivity contribution >= 4 is 38.4 Å². The maximum absolute atomic E-state index is 13.1. The van der Waals surface area contributed by atoms with Crippen molar-refractivity contribution in [2.75, 3.05) is 12.4 Å². The molecule has 0 amide bonds. The van der Waals surface area contributed by atoms with E-state index in [4.69, 9.17) is 0 Å². The fraction of sp³-hybridized carbons (Fsp3) is 0.125. The second-order valence-electron chi connectivity index (χ2n) is 5.37. The van der Waals surface area contributed by atoms with E-state index in [2.05, 4.69) is 20.3 Å². The number of nitrogens with one attached hydrogen (secondary N) is 1. The third-order valence-electron chi connectivity index (χ3n) is 3.84. The molecule has 0 saturated heterocycles. The number of benzene rings is 1. The van der Waals surface area contributed by atoms with Crippen LogP contribution in [0.3, 0.4) is 0 Å². The van der Waals surface area contributed by atoms with E-state index in [1.165, 1.54) is 24.5 Å². The van der Waals surface area contributed by atoms with E-state index in [0.717, 1.165) is 10.6 Å². The van der Waals surface area contributed by atoms with E-state index in [1.807, 2.05) is 0 Å². The highest BCUT2D eigenvalue weighted by atomic mass is 32.1. The number of nitrogens with zero attached hydrogens (tertiary/aromatic N) is 4. The van der Waals surface area contributed by atoms with Gasteiger partial charge in [0.2, 0.25) is 0 Å². The van der Waals surface area contributed by atoms with Crippen LogP contribution < -0.4 is 11.0 Å². The summed E-state index contributed by atoms with van der Waals surface area (Å²) in [6.07, 6.45) is -4.63. The molecule has 0 aliphatic carbocycles. The Morgan fingerprint density at radius 3 is 2.69 bits per heavy atom. The monoisotopic (exact) mass is 377 g/mol. The molecular formula is C16H10F3N5OS. The number of alkyl halides is 3. The number of hydrogen-bond acceptors (Lipinski definition) is 6. The summed E-state index contributed by atoms with van der Waals surface area (Å²) in [6, 6.07) is 7.19. The molecule has 4 rings (SSSR count). The van der Waals surface area contributed by atoms with Gasteiger partial charge in [-0.05, 0) is 24.3 Å². The quantitative estimate of drug-likeness (QED) is 0.579. The van der Waals surface area contributed by atoms with Crippen molar-refractivity contribution in [3.05, 3.63) is 52.0 Å². The summed E-state index contributed by atoms with van der Waals surface area (Å²) in [4.78, 5) is 24.5. The molecule has 3 aromatic heterocycles. The van der Waals surface area contributed by atoms with Crippen molar-refractivity contribution in [3.63, 3.8) is 0 Å². The van der Waals surface area contributed by atoms with Crippen molar-refractivity contribution in [1.29, 1.82) is 0 Å². The van der Waals surface area contributed by atoms with Crippen LogP contribution in [0.15, 0.2) is 40.6 Å². The Hall–Kier alpha value is -3.01. The zero-order valence-corrected chi connectivity index (χ0v) is 14.0. The smallest absolute Gasteiger partial charge is 0.372 e. The molecule has 3 heterocycles. The number of rotatable bonds is 2. The Balaban J connectivity index is 2.16. The minimum atomic E-state index is -4.63. The van der Waals surface area contributed by atoms with Crippen LogP contribution in [0.2, 0.25) is 0 Å². The first-order chi connectivity index (χ1) is 12.4. The van der Waals surface area contributed by atoms with E-state index in [9.17, 15) is 18.0 Å². The molecule has 1 aromatic carbocycles. The van der Waals surface area contributed by atoms with Gasteiger partial charge >= 0.3 is 11.9 Å². The maximum atomic E-state index is 13.1. The van der Waals surface area contributed by atoms with Crippen LogP contribution in [0.5, 0.6) is 0 Å². The van der Waals surface area contributed by atoms with E-state index >= 15 is 0 Å². The normalized spacial score (nSPS) is 12.0. The first-order valence-electron chi connectivity index (χ1n) is 7.41. The predicted octanol–water partition coefficient (Wildman–Crippen LogP) is 3.45. The molecule has 1 N–H and O–H groups in total. The SMILES string of the molecule is CNc1nc(=O)n(-c2cccc3ncsc23)c2nc(C(F)(F)F)ccc12. The largest absolute Gasteiger partial charge is 0.433 e. The van der Waals surface area contributed by atoms with Gasteiger partial charge in [0.05, 0.1) is 26.8 Å².